The molecule has 1 unspecified atom stereocenters. The fraction of sp³-hybridized carbons (Fsp3) is 0.929. The van der Waals surface area contributed by atoms with Crippen LogP contribution in [-0.2, 0) is 14.5 Å². The van der Waals surface area contributed by atoms with Crippen molar-refractivity contribution in [1.82, 2.24) is 0 Å². The number of hydrogen-bond acceptors (Lipinski definition) is 4. The molecule has 0 aliphatic rings. The molecule has 0 N–H and O–H groups in total. The van der Waals surface area contributed by atoms with Crippen LogP contribution in [0.15, 0.2) is 0 Å². The minimum absolute atomic E-state index is 0.0719. The smallest absolute Gasteiger partial charge is 0.429 e. The minimum Gasteiger partial charge on any atom is -0.429 e. The Hall–Kier alpha value is -0.770. The van der Waals surface area contributed by atoms with E-state index in [1.165, 1.54) is 0 Å². The van der Waals surface area contributed by atoms with Crippen molar-refractivity contribution < 1.29 is 19.3 Å². The first-order valence-corrected chi connectivity index (χ1v) is 7.01. The second-order valence-electron chi connectivity index (χ2n) is 5.17. The number of unbranched alkanes of at least 4 members (excludes halogenated alkanes) is 2. The zero-order chi connectivity index (χ0) is 14.0. The predicted octanol–water partition coefficient (Wildman–Crippen LogP) is 4.62. The largest absolute Gasteiger partial charge is 0.540 e. The molecule has 0 saturated carbocycles. The van der Waals surface area contributed by atoms with Crippen LogP contribution in [0, 0.1) is 0 Å². The van der Waals surface area contributed by atoms with E-state index in [0.29, 0.717) is 0 Å². The van der Waals surface area contributed by atoms with Gasteiger partial charge in [-0.15, -0.1) is 0 Å². The summed E-state index contributed by atoms with van der Waals surface area (Å²) in [7, 11) is 0. The summed E-state index contributed by atoms with van der Waals surface area (Å²) >= 11 is 0. The highest BCUT2D eigenvalue weighted by Gasteiger charge is 2.21. The number of carbonyl (C=O) groups excluding carboxylic acids is 1. The summed E-state index contributed by atoms with van der Waals surface area (Å²) in [5.74, 6) is 0. The van der Waals surface area contributed by atoms with E-state index < -0.39 is 11.8 Å². The number of rotatable bonds is 9. The Morgan fingerprint density at radius 2 is 1.83 bits per heavy atom. The van der Waals surface area contributed by atoms with E-state index in [1.807, 2.05) is 27.7 Å². The standard InChI is InChI=1S/C14H28O4/c1-6-9-10-11-12(7-2)16-13(15)17-18-14(4,5)8-3/h12H,6-11H2,1-5H3. The van der Waals surface area contributed by atoms with Crippen molar-refractivity contribution in [3.63, 3.8) is 0 Å². The summed E-state index contributed by atoms with van der Waals surface area (Å²) in [6.45, 7) is 9.84. The summed E-state index contributed by atoms with van der Waals surface area (Å²) in [5.41, 5.74) is -0.469. The molecule has 0 fully saturated rings. The third-order valence-corrected chi connectivity index (χ3v) is 3.03. The van der Waals surface area contributed by atoms with Crippen LogP contribution in [0.1, 0.15) is 73.1 Å². The molecule has 4 nitrogen and oxygen atoms in total. The molecule has 0 heterocycles. The Morgan fingerprint density at radius 3 is 2.33 bits per heavy atom. The fourth-order valence-electron chi connectivity index (χ4n) is 1.33. The third-order valence-electron chi connectivity index (χ3n) is 3.03. The lowest BCUT2D eigenvalue weighted by Crippen LogP contribution is -2.27. The van der Waals surface area contributed by atoms with Crippen molar-refractivity contribution in [1.29, 1.82) is 0 Å². The molecular weight excluding hydrogens is 232 g/mol. The zero-order valence-electron chi connectivity index (χ0n) is 12.5. The van der Waals surface area contributed by atoms with Gasteiger partial charge < -0.3 is 4.74 Å². The first-order chi connectivity index (χ1) is 8.45. The lowest BCUT2D eigenvalue weighted by atomic mass is 10.1. The number of ether oxygens (including phenoxy) is 1. The molecule has 18 heavy (non-hydrogen) atoms. The van der Waals surface area contributed by atoms with Crippen LogP contribution in [0.4, 0.5) is 4.79 Å². The monoisotopic (exact) mass is 260 g/mol. The molecule has 0 spiro atoms. The van der Waals surface area contributed by atoms with E-state index in [1.54, 1.807) is 0 Å². The third kappa shape index (κ3) is 8.34. The van der Waals surface area contributed by atoms with Crippen LogP contribution in [0.25, 0.3) is 0 Å². The summed E-state index contributed by atoms with van der Waals surface area (Å²) in [6.07, 6.45) is 5.03. The Balaban J connectivity index is 3.89. The van der Waals surface area contributed by atoms with Crippen LogP contribution in [-0.4, -0.2) is 17.9 Å². The quantitative estimate of drug-likeness (QED) is 0.263. The van der Waals surface area contributed by atoms with Gasteiger partial charge in [-0.25, -0.2) is 4.79 Å². The highest BCUT2D eigenvalue weighted by atomic mass is 17.2. The van der Waals surface area contributed by atoms with Crippen LogP contribution in [0.3, 0.4) is 0 Å². The Kier molecular flexibility index (Phi) is 8.81. The first-order valence-electron chi connectivity index (χ1n) is 7.01. The molecule has 0 aliphatic carbocycles. The highest BCUT2D eigenvalue weighted by molar-refractivity contribution is 5.59. The molecule has 0 aromatic rings. The molecule has 0 bridgehead atoms. The van der Waals surface area contributed by atoms with E-state index in [2.05, 4.69) is 11.8 Å². The van der Waals surface area contributed by atoms with Gasteiger partial charge in [-0.3, -0.25) is 4.89 Å². The second-order valence-corrected chi connectivity index (χ2v) is 5.17. The van der Waals surface area contributed by atoms with Crippen LogP contribution in [0.5, 0.6) is 0 Å². The summed E-state index contributed by atoms with van der Waals surface area (Å²) < 4.78 is 5.20. The molecule has 4 heteroatoms. The Morgan fingerprint density at radius 1 is 1.17 bits per heavy atom. The molecule has 0 rings (SSSR count). The summed E-state index contributed by atoms with van der Waals surface area (Å²) in [6, 6.07) is 0. The van der Waals surface area contributed by atoms with Gasteiger partial charge in [0, 0.05) is 0 Å². The molecule has 0 aliphatic heterocycles. The molecular formula is C14H28O4. The predicted molar refractivity (Wildman–Crippen MR) is 71.2 cm³/mol. The summed E-state index contributed by atoms with van der Waals surface area (Å²) in [5, 5.41) is 0. The van der Waals surface area contributed by atoms with Crippen molar-refractivity contribution in [3.05, 3.63) is 0 Å². The topological polar surface area (TPSA) is 44.8 Å². The number of carbonyl (C=O) groups is 1. The van der Waals surface area contributed by atoms with Gasteiger partial charge in [-0.05, 0) is 39.5 Å². The van der Waals surface area contributed by atoms with Crippen molar-refractivity contribution >= 4 is 6.16 Å². The molecule has 0 saturated heterocycles. The maximum absolute atomic E-state index is 11.4. The zero-order valence-corrected chi connectivity index (χ0v) is 12.5. The lowest BCUT2D eigenvalue weighted by Gasteiger charge is -2.21. The van der Waals surface area contributed by atoms with E-state index >= 15 is 0 Å². The minimum atomic E-state index is -0.736. The van der Waals surface area contributed by atoms with Crippen molar-refractivity contribution in [3.8, 4) is 0 Å². The van der Waals surface area contributed by atoms with E-state index in [9.17, 15) is 4.79 Å². The SMILES string of the molecule is CCCCCC(CC)OC(=O)OOC(C)(C)CC. The van der Waals surface area contributed by atoms with E-state index in [0.717, 1.165) is 38.5 Å². The maximum Gasteiger partial charge on any atom is 0.540 e. The molecule has 1 atom stereocenters. The molecule has 108 valence electrons. The average molecular weight is 260 g/mol. The first kappa shape index (κ1) is 17.2. The van der Waals surface area contributed by atoms with Gasteiger partial charge in [0.2, 0.25) is 0 Å². The summed E-state index contributed by atoms with van der Waals surface area (Å²) in [4.78, 5) is 21.2. The van der Waals surface area contributed by atoms with Gasteiger partial charge in [0.05, 0.1) is 0 Å². The van der Waals surface area contributed by atoms with E-state index in [4.69, 9.17) is 9.62 Å². The second kappa shape index (κ2) is 9.20. The van der Waals surface area contributed by atoms with Gasteiger partial charge in [-0.2, -0.15) is 4.89 Å². The lowest BCUT2D eigenvalue weighted by molar-refractivity contribution is -0.319. The van der Waals surface area contributed by atoms with Crippen LogP contribution in [0.2, 0.25) is 0 Å². The number of hydrogen-bond donors (Lipinski definition) is 0. The molecule has 0 aromatic heterocycles. The normalized spacial score (nSPS) is 13.2. The fourth-order valence-corrected chi connectivity index (χ4v) is 1.33. The van der Waals surface area contributed by atoms with Crippen LogP contribution < -0.4 is 0 Å². The maximum atomic E-state index is 11.4. The van der Waals surface area contributed by atoms with Gasteiger partial charge in [0.1, 0.15) is 11.7 Å². The van der Waals surface area contributed by atoms with Crippen molar-refractivity contribution in [2.75, 3.05) is 0 Å². The Bertz CT molecular complexity index is 226. The Labute approximate surface area is 111 Å². The molecule has 0 aromatic carbocycles. The van der Waals surface area contributed by atoms with Gasteiger partial charge >= 0.3 is 6.16 Å². The molecule has 0 amide bonds. The van der Waals surface area contributed by atoms with Gasteiger partial charge in [0.25, 0.3) is 0 Å². The van der Waals surface area contributed by atoms with Gasteiger partial charge in [0.15, 0.2) is 0 Å². The van der Waals surface area contributed by atoms with E-state index in [-0.39, 0.29) is 6.10 Å². The highest BCUT2D eigenvalue weighted by Crippen LogP contribution is 2.15. The van der Waals surface area contributed by atoms with Crippen molar-refractivity contribution in [2.24, 2.45) is 0 Å². The average Bonchev–Trinajstić information content (AvgIpc) is 2.35. The van der Waals surface area contributed by atoms with Gasteiger partial charge in [-0.1, -0.05) is 33.6 Å². The molecule has 0 radical (unpaired) electrons. The van der Waals surface area contributed by atoms with Crippen LogP contribution >= 0.6 is 0 Å². The van der Waals surface area contributed by atoms with Crippen molar-refractivity contribution in [2.45, 2.75) is 84.8 Å².